The second-order valence-electron chi connectivity index (χ2n) is 5.45. The Morgan fingerprint density at radius 1 is 1.13 bits per heavy atom. The first kappa shape index (κ1) is 16.0. The van der Waals surface area contributed by atoms with Crippen LogP contribution in [-0.4, -0.2) is 22.9 Å². The largest absolute Gasteiger partial charge is 0.340 e. The van der Waals surface area contributed by atoms with Crippen molar-refractivity contribution in [1.29, 1.82) is 0 Å². The molecule has 0 spiro atoms. The Balaban J connectivity index is 2.11. The van der Waals surface area contributed by atoms with Gasteiger partial charge in [0.2, 0.25) is 0 Å². The molecule has 0 radical (unpaired) electrons. The van der Waals surface area contributed by atoms with Crippen molar-refractivity contribution in [3.8, 4) is 0 Å². The zero-order chi connectivity index (χ0) is 16.6. The van der Waals surface area contributed by atoms with Crippen LogP contribution in [-0.2, 0) is 6.54 Å². The Bertz CT molecular complexity index is 793. The predicted molar refractivity (Wildman–Crippen MR) is 88.0 cm³/mol. The van der Waals surface area contributed by atoms with Crippen LogP contribution in [0.15, 0.2) is 24.3 Å². The third-order valence-corrected chi connectivity index (χ3v) is 4.85. The van der Waals surface area contributed by atoms with E-state index in [9.17, 15) is 14.4 Å². The van der Waals surface area contributed by atoms with Crippen LogP contribution < -0.4 is 0 Å². The summed E-state index contributed by atoms with van der Waals surface area (Å²) in [5.74, 6) is -0.589. The summed E-state index contributed by atoms with van der Waals surface area (Å²) in [6.07, 6.45) is 2.60. The molecule has 3 rings (SSSR count). The highest BCUT2D eigenvalue weighted by atomic mass is 35.5. The molecule has 2 aromatic rings. The Morgan fingerprint density at radius 2 is 1.83 bits per heavy atom. The van der Waals surface area contributed by atoms with Crippen LogP contribution in [0, 0.1) is 0 Å². The summed E-state index contributed by atoms with van der Waals surface area (Å²) in [4.78, 5) is 35.6. The summed E-state index contributed by atoms with van der Waals surface area (Å²) in [6, 6.07) is 6.63. The summed E-state index contributed by atoms with van der Waals surface area (Å²) < 4.78 is 1.70. The quantitative estimate of drug-likeness (QED) is 0.614. The average molecular weight is 350 g/mol. The maximum Gasteiger partial charge on any atom is 0.171 e. The summed E-state index contributed by atoms with van der Waals surface area (Å²) in [5, 5.41) is 0.675. The van der Waals surface area contributed by atoms with Crippen molar-refractivity contribution in [3.63, 3.8) is 0 Å². The minimum absolute atomic E-state index is 0.0997. The normalized spacial score (nSPS) is 16.7. The lowest BCUT2D eigenvalue weighted by Gasteiger charge is -2.25. The highest BCUT2D eigenvalue weighted by Gasteiger charge is 2.34. The number of carbonyl (C=O) groups excluding carboxylic acids is 3. The molecule has 0 aliphatic carbocycles. The molecular formula is C17H13Cl2NO3. The van der Waals surface area contributed by atoms with E-state index in [4.69, 9.17) is 23.2 Å². The molecule has 0 amide bonds. The van der Waals surface area contributed by atoms with Crippen LogP contribution >= 0.6 is 23.2 Å². The van der Waals surface area contributed by atoms with E-state index < -0.39 is 5.92 Å². The van der Waals surface area contributed by atoms with E-state index in [0.29, 0.717) is 41.8 Å². The number of aromatic nitrogens is 1. The molecule has 118 valence electrons. The van der Waals surface area contributed by atoms with Gasteiger partial charge in [-0.25, -0.2) is 0 Å². The molecule has 1 aromatic carbocycles. The molecule has 6 heteroatoms. The molecule has 0 saturated heterocycles. The number of Topliss-reactive ketones (excluding diaryl/α,β-unsaturated/α-hetero) is 1. The fourth-order valence-electron chi connectivity index (χ4n) is 3.15. The zero-order valence-corrected chi connectivity index (χ0v) is 13.6. The standard InChI is InChI=1S/C17H13Cl2NO3/c18-11-5-3-10(4-6-11)17(23)12-2-1-7-20-14(9-22)15(19)13(8-21)16(12)20/h3-6,8-9,12H,1-2,7H2. The van der Waals surface area contributed by atoms with Gasteiger partial charge in [-0.1, -0.05) is 23.2 Å². The van der Waals surface area contributed by atoms with E-state index in [1.165, 1.54) is 0 Å². The number of halogens is 2. The van der Waals surface area contributed by atoms with Gasteiger partial charge in [-0.05, 0) is 37.1 Å². The second kappa shape index (κ2) is 6.30. The van der Waals surface area contributed by atoms with E-state index in [0.717, 1.165) is 6.42 Å². The molecule has 0 bridgehead atoms. The molecule has 0 N–H and O–H groups in total. The van der Waals surface area contributed by atoms with Crippen molar-refractivity contribution in [3.05, 3.63) is 56.8 Å². The van der Waals surface area contributed by atoms with Crippen molar-refractivity contribution in [2.45, 2.75) is 25.3 Å². The molecular weight excluding hydrogens is 337 g/mol. The highest BCUT2D eigenvalue weighted by molar-refractivity contribution is 6.35. The van der Waals surface area contributed by atoms with Crippen LogP contribution in [0.4, 0.5) is 0 Å². The number of rotatable bonds is 4. The molecule has 1 aliphatic rings. The molecule has 1 aliphatic heterocycles. The van der Waals surface area contributed by atoms with Crippen LogP contribution in [0.25, 0.3) is 0 Å². The lowest BCUT2D eigenvalue weighted by molar-refractivity contribution is 0.0941. The van der Waals surface area contributed by atoms with E-state index in [-0.39, 0.29) is 22.1 Å². The van der Waals surface area contributed by atoms with Crippen LogP contribution in [0.2, 0.25) is 10.0 Å². The third kappa shape index (κ3) is 2.62. The number of carbonyl (C=O) groups is 3. The number of benzene rings is 1. The molecule has 2 heterocycles. The SMILES string of the molecule is O=Cc1c(Cl)c(C=O)n2c1C(C(=O)c1ccc(Cl)cc1)CCC2. The summed E-state index contributed by atoms with van der Waals surface area (Å²) in [7, 11) is 0. The minimum Gasteiger partial charge on any atom is -0.340 e. The van der Waals surface area contributed by atoms with E-state index >= 15 is 0 Å². The monoisotopic (exact) mass is 349 g/mol. The molecule has 4 nitrogen and oxygen atoms in total. The average Bonchev–Trinajstić information content (AvgIpc) is 2.85. The van der Waals surface area contributed by atoms with Gasteiger partial charge in [0.1, 0.15) is 5.69 Å². The van der Waals surface area contributed by atoms with Crippen molar-refractivity contribution in [2.75, 3.05) is 0 Å². The molecule has 23 heavy (non-hydrogen) atoms. The van der Waals surface area contributed by atoms with Crippen molar-refractivity contribution < 1.29 is 14.4 Å². The fraction of sp³-hybridized carbons (Fsp3) is 0.235. The summed E-state index contributed by atoms with van der Waals surface area (Å²) >= 11 is 12.0. The van der Waals surface area contributed by atoms with Crippen molar-refractivity contribution in [1.82, 2.24) is 4.57 Å². The van der Waals surface area contributed by atoms with E-state index in [1.807, 2.05) is 0 Å². The molecule has 1 aromatic heterocycles. The van der Waals surface area contributed by atoms with Gasteiger partial charge >= 0.3 is 0 Å². The third-order valence-electron chi connectivity index (χ3n) is 4.20. The molecule has 0 fully saturated rings. The first-order valence-electron chi connectivity index (χ1n) is 7.20. The smallest absolute Gasteiger partial charge is 0.171 e. The van der Waals surface area contributed by atoms with Gasteiger partial charge in [0, 0.05) is 22.8 Å². The van der Waals surface area contributed by atoms with Crippen molar-refractivity contribution >= 4 is 41.6 Å². The zero-order valence-electron chi connectivity index (χ0n) is 12.1. The van der Waals surface area contributed by atoms with Crippen molar-refractivity contribution in [2.24, 2.45) is 0 Å². The highest BCUT2D eigenvalue weighted by Crippen LogP contribution is 2.38. The maximum absolute atomic E-state index is 12.8. The van der Waals surface area contributed by atoms with Crippen LogP contribution in [0.5, 0.6) is 0 Å². The lowest BCUT2D eigenvalue weighted by atomic mass is 9.87. The van der Waals surface area contributed by atoms with Gasteiger partial charge < -0.3 is 4.57 Å². The Morgan fingerprint density at radius 3 is 2.43 bits per heavy atom. The van der Waals surface area contributed by atoms with Gasteiger partial charge in [-0.2, -0.15) is 0 Å². The van der Waals surface area contributed by atoms with Gasteiger partial charge in [0.15, 0.2) is 18.4 Å². The first-order valence-corrected chi connectivity index (χ1v) is 7.96. The predicted octanol–water partition coefficient (Wildman–Crippen LogP) is 4.18. The number of fused-ring (bicyclic) bond motifs is 1. The number of aldehydes is 2. The van der Waals surface area contributed by atoms with Crippen LogP contribution in [0.1, 0.15) is 55.7 Å². The number of hydrogen-bond acceptors (Lipinski definition) is 3. The molecule has 0 saturated carbocycles. The Kier molecular flexibility index (Phi) is 4.37. The molecule has 1 unspecified atom stereocenters. The van der Waals surface area contributed by atoms with Gasteiger partial charge in [0.05, 0.1) is 16.5 Å². The second-order valence-corrected chi connectivity index (χ2v) is 6.27. The number of nitrogens with zero attached hydrogens (tertiary/aromatic N) is 1. The Labute approximate surface area is 143 Å². The fourth-order valence-corrected chi connectivity index (χ4v) is 3.56. The number of ketones is 1. The Hall–Kier alpha value is -1.91. The van der Waals surface area contributed by atoms with E-state index in [1.54, 1.807) is 28.8 Å². The summed E-state index contributed by atoms with van der Waals surface area (Å²) in [5.41, 5.74) is 1.56. The van der Waals surface area contributed by atoms with Gasteiger partial charge in [0.25, 0.3) is 0 Å². The first-order chi connectivity index (χ1) is 11.1. The van der Waals surface area contributed by atoms with E-state index in [2.05, 4.69) is 0 Å². The number of hydrogen-bond donors (Lipinski definition) is 0. The summed E-state index contributed by atoms with van der Waals surface area (Å²) in [6.45, 7) is 0.571. The lowest BCUT2D eigenvalue weighted by Crippen LogP contribution is -2.24. The van der Waals surface area contributed by atoms with Gasteiger partial charge in [-0.3, -0.25) is 14.4 Å². The topological polar surface area (TPSA) is 56.1 Å². The van der Waals surface area contributed by atoms with Crippen LogP contribution in [0.3, 0.4) is 0 Å². The minimum atomic E-state index is -0.490. The maximum atomic E-state index is 12.8. The van der Waals surface area contributed by atoms with Gasteiger partial charge in [-0.15, -0.1) is 0 Å². The molecule has 1 atom stereocenters.